The van der Waals surface area contributed by atoms with E-state index in [1.807, 2.05) is 18.2 Å². The van der Waals surface area contributed by atoms with Gasteiger partial charge < -0.3 is 14.0 Å². The number of rotatable bonds is 11. The van der Waals surface area contributed by atoms with Crippen molar-refractivity contribution in [3.05, 3.63) is 59.8 Å². The second-order valence-electron chi connectivity index (χ2n) is 6.74. The number of hydrogen-bond donors (Lipinski definition) is 0. The molecule has 146 valence electrons. The molecule has 0 saturated heterocycles. The molecule has 0 aliphatic rings. The number of aromatic nitrogens is 1. The molecule has 0 bridgehead atoms. The van der Waals surface area contributed by atoms with Gasteiger partial charge in [-0.05, 0) is 55.3 Å². The predicted octanol–water partition coefficient (Wildman–Crippen LogP) is 4.91. The van der Waals surface area contributed by atoms with E-state index < -0.39 is 0 Å². The van der Waals surface area contributed by atoms with E-state index in [0.29, 0.717) is 29.2 Å². The van der Waals surface area contributed by atoms with Crippen LogP contribution in [0.25, 0.3) is 10.9 Å². The van der Waals surface area contributed by atoms with Gasteiger partial charge in [0, 0.05) is 34.8 Å². The van der Waals surface area contributed by atoms with Crippen molar-refractivity contribution < 1.29 is 19.1 Å². The van der Waals surface area contributed by atoms with E-state index in [1.54, 1.807) is 25.3 Å². The average Bonchev–Trinajstić information content (AvgIpc) is 3.15. The fraction of sp³-hybridized carbons (Fsp3) is 0.304. The van der Waals surface area contributed by atoms with Gasteiger partial charge in [-0.15, -0.1) is 0 Å². The van der Waals surface area contributed by atoms with Crippen molar-refractivity contribution >= 4 is 23.5 Å². The minimum Gasteiger partial charge on any atom is -0.493 e. The molecule has 0 saturated carbocycles. The van der Waals surface area contributed by atoms with Crippen molar-refractivity contribution in [2.24, 2.45) is 0 Å². The number of hydrogen-bond acceptors (Lipinski definition) is 4. The van der Waals surface area contributed by atoms with Gasteiger partial charge in [0.25, 0.3) is 0 Å². The van der Waals surface area contributed by atoms with Crippen LogP contribution in [0.2, 0.25) is 0 Å². The smallest absolute Gasteiger partial charge is 0.161 e. The Kier molecular flexibility index (Phi) is 6.84. The summed E-state index contributed by atoms with van der Waals surface area (Å²) in [6, 6.07) is 13.0. The van der Waals surface area contributed by atoms with Gasteiger partial charge in [0.05, 0.1) is 13.7 Å². The number of carbonyl (C=O) groups is 2. The molecule has 0 aliphatic heterocycles. The van der Waals surface area contributed by atoms with Crippen LogP contribution < -0.4 is 9.47 Å². The van der Waals surface area contributed by atoms with Crippen LogP contribution in [0.4, 0.5) is 0 Å². The molecule has 0 atom stereocenters. The van der Waals surface area contributed by atoms with Crippen molar-refractivity contribution in [1.29, 1.82) is 0 Å². The van der Waals surface area contributed by atoms with E-state index >= 15 is 0 Å². The number of benzene rings is 2. The third kappa shape index (κ3) is 4.80. The minimum absolute atomic E-state index is 0.573. The molecule has 5 nitrogen and oxygen atoms in total. The molecule has 3 rings (SSSR count). The normalized spacial score (nSPS) is 10.8. The van der Waals surface area contributed by atoms with Crippen LogP contribution in [0.1, 0.15) is 46.4 Å². The summed E-state index contributed by atoms with van der Waals surface area (Å²) in [5.74, 6) is 1.25. The van der Waals surface area contributed by atoms with Crippen molar-refractivity contribution in [2.45, 2.75) is 32.2 Å². The summed E-state index contributed by atoms with van der Waals surface area (Å²) in [5.41, 5.74) is 2.45. The molecular formula is C23H25NO4. The fourth-order valence-corrected chi connectivity index (χ4v) is 3.28. The van der Waals surface area contributed by atoms with Crippen molar-refractivity contribution in [3.8, 4) is 11.5 Å². The van der Waals surface area contributed by atoms with Crippen LogP contribution in [0.3, 0.4) is 0 Å². The number of fused-ring (bicyclic) bond motifs is 1. The van der Waals surface area contributed by atoms with E-state index in [0.717, 1.165) is 50.2 Å². The topological polar surface area (TPSA) is 57.5 Å². The molecule has 2 aromatic carbocycles. The summed E-state index contributed by atoms with van der Waals surface area (Å²) >= 11 is 0. The first-order valence-corrected chi connectivity index (χ1v) is 9.55. The maximum absolute atomic E-state index is 10.9. The third-order valence-electron chi connectivity index (χ3n) is 4.81. The monoisotopic (exact) mass is 379 g/mol. The Balaban J connectivity index is 1.39. The number of methoxy groups -OCH3 is 1. The Bertz CT molecular complexity index is 945. The summed E-state index contributed by atoms with van der Waals surface area (Å²) in [6.07, 6.45) is 8.02. The number of aldehydes is 2. The van der Waals surface area contributed by atoms with E-state index in [1.165, 1.54) is 5.52 Å². The van der Waals surface area contributed by atoms with Gasteiger partial charge in [-0.25, -0.2) is 0 Å². The standard InChI is InChI=1S/C23H25NO4/c1-27-23-15-19(17-26)7-9-22(23)28-13-5-3-2-4-11-24-12-10-20-14-18(16-25)6-8-21(20)24/h6-10,12,14-17H,2-5,11,13H2,1H3. The quantitative estimate of drug-likeness (QED) is 0.351. The molecule has 5 heteroatoms. The zero-order valence-electron chi connectivity index (χ0n) is 16.1. The molecule has 0 spiro atoms. The maximum atomic E-state index is 10.9. The Morgan fingerprint density at radius 3 is 2.39 bits per heavy atom. The maximum Gasteiger partial charge on any atom is 0.161 e. The van der Waals surface area contributed by atoms with Crippen molar-refractivity contribution in [3.63, 3.8) is 0 Å². The molecule has 3 aromatic rings. The lowest BCUT2D eigenvalue weighted by atomic mass is 10.1. The molecule has 0 radical (unpaired) electrons. The van der Waals surface area contributed by atoms with Gasteiger partial charge in [0.2, 0.25) is 0 Å². The highest BCUT2D eigenvalue weighted by Crippen LogP contribution is 2.27. The molecule has 0 fully saturated rings. The summed E-state index contributed by atoms with van der Waals surface area (Å²) in [4.78, 5) is 21.7. The third-order valence-corrected chi connectivity index (χ3v) is 4.81. The van der Waals surface area contributed by atoms with Crippen LogP contribution in [0.5, 0.6) is 11.5 Å². The van der Waals surface area contributed by atoms with Crippen LogP contribution in [-0.2, 0) is 6.54 Å². The van der Waals surface area contributed by atoms with Gasteiger partial charge in [-0.2, -0.15) is 0 Å². The van der Waals surface area contributed by atoms with Gasteiger partial charge in [0.1, 0.15) is 12.6 Å². The van der Waals surface area contributed by atoms with E-state index in [9.17, 15) is 9.59 Å². The number of nitrogens with zero attached hydrogens (tertiary/aromatic N) is 1. The second kappa shape index (κ2) is 9.74. The highest BCUT2D eigenvalue weighted by molar-refractivity contribution is 5.87. The van der Waals surface area contributed by atoms with Crippen LogP contribution in [0, 0.1) is 0 Å². The lowest BCUT2D eigenvalue weighted by Gasteiger charge is -2.11. The van der Waals surface area contributed by atoms with Crippen LogP contribution in [-0.4, -0.2) is 30.9 Å². The molecule has 28 heavy (non-hydrogen) atoms. The molecule has 0 amide bonds. The van der Waals surface area contributed by atoms with Gasteiger partial charge in [-0.1, -0.05) is 12.8 Å². The van der Waals surface area contributed by atoms with Crippen molar-refractivity contribution in [2.75, 3.05) is 13.7 Å². The SMILES string of the molecule is COc1cc(C=O)ccc1OCCCCCCn1ccc2cc(C=O)ccc21. The van der Waals surface area contributed by atoms with Crippen LogP contribution >= 0.6 is 0 Å². The van der Waals surface area contributed by atoms with Gasteiger partial charge in [0.15, 0.2) is 11.5 Å². The number of unbranched alkanes of at least 4 members (excludes halogenated alkanes) is 3. The fourth-order valence-electron chi connectivity index (χ4n) is 3.28. The Morgan fingerprint density at radius 1 is 0.857 bits per heavy atom. The lowest BCUT2D eigenvalue weighted by Crippen LogP contribution is -2.01. The predicted molar refractivity (Wildman–Crippen MR) is 110 cm³/mol. The molecular weight excluding hydrogens is 354 g/mol. The van der Waals surface area contributed by atoms with E-state index in [-0.39, 0.29) is 0 Å². The van der Waals surface area contributed by atoms with Gasteiger partial charge >= 0.3 is 0 Å². The first-order chi connectivity index (χ1) is 13.7. The van der Waals surface area contributed by atoms with Crippen molar-refractivity contribution in [1.82, 2.24) is 4.57 Å². The molecule has 1 aromatic heterocycles. The largest absolute Gasteiger partial charge is 0.493 e. The molecule has 0 unspecified atom stereocenters. The number of carbonyl (C=O) groups excluding carboxylic acids is 2. The number of ether oxygens (including phenoxy) is 2. The molecule has 0 N–H and O–H groups in total. The van der Waals surface area contributed by atoms with E-state index in [4.69, 9.17) is 9.47 Å². The zero-order chi connectivity index (χ0) is 19.8. The van der Waals surface area contributed by atoms with Crippen LogP contribution in [0.15, 0.2) is 48.7 Å². The lowest BCUT2D eigenvalue weighted by molar-refractivity contribution is 0.111. The average molecular weight is 379 g/mol. The highest BCUT2D eigenvalue weighted by Gasteiger charge is 2.06. The first-order valence-electron chi connectivity index (χ1n) is 9.55. The Morgan fingerprint density at radius 2 is 1.61 bits per heavy atom. The van der Waals surface area contributed by atoms with E-state index in [2.05, 4.69) is 16.8 Å². The summed E-state index contributed by atoms with van der Waals surface area (Å²) < 4.78 is 13.3. The molecule has 1 heterocycles. The highest BCUT2D eigenvalue weighted by atomic mass is 16.5. The summed E-state index contributed by atoms with van der Waals surface area (Å²) in [7, 11) is 1.57. The second-order valence-corrected chi connectivity index (χ2v) is 6.74. The summed E-state index contributed by atoms with van der Waals surface area (Å²) in [5, 5.41) is 1.10. The zero-order valence-corrected chi connectivity index (χ0v) is 16.1. The Hall–Kier alpha value is -3.08. The molecule has 0 aliphatic carbocycles. The Labute approximate surface area is 164 Å². The van der Waals surface area contributed by atoms with Gasteiger partial charge in [-0.3, -0.25) is 9.59 Å². The summed E-state index contributed by atoms with van der Waals surface area (Å²) in [6.45, 7) is 1.59. The first kappa shape index (κ1) is 19.7. The number of aryl methyl sites for hydroxylation is 1. The minimum atomic E-state index is 0.573.